The van der Waals surface area contributed by atoms with E-state index in [2.05, 4.69) is 11.1 Å². The number of rotatable bonds is 2. The molecule has 0 amide bonds. The molecule has 0 bridgehead atoms. The predicted molar refractivity (Wildman–Crippen MR) is 54.4 cm³/mol. The number of aromatic nitrogens is 1. The van der Waals surface area contributed by atoms with Crippen LogP contribution in [0.25, 0.3) is 11.1 Å². The second-order valence-corrected chi connectivity index (χ2v) is 3.03. The minimum absolute atomic E-state index is 0.0828. The Morgan fingerprint density at radius 3 is 2.50 bits per heavy atom. The molecule has 1 aromatic carbocycles. The van der Waals surface area contributed by atoms with Crippen molar-refractivity contribution in [1.29, 1.82) is 0 Å². The van der Waals surface area contributed by atoms with Crippen molar-refractivity contribution in [2.75, 3.05) is 0 Å². The Kier molecular flexibility index (Phi) is 2.56. The summed E-state index contributed by atoms with van der Waals surface area (Å²) in [5.74, 6) is 0. The van der Waals surface area contributed by atoms with Crippen LogP contribution in [0.5, 0.6) is 0 Å². The summed E-state index contributed by atoms with van der Waals surface area (Å²) in [7, 11) is 0. The molecule has 2 rings (SSSR count). The highest BCUT2D eigenvalue weighted by molar-refractivity contribution is 5.62. The molecule has 2 heteroatoms. The highest BCUT2D eigenvalue weighted by Crippen LogP contribution is 2.17. The number of hydrogen-bond donors (Lipinski definition) is 1. The lowest BCUT2D eigenvalue weighted by Gasteiger charge is -2.01. The van der Waals surface area contributed by atoms with Crippen LogP contribution < -0.4 is 0 Å². The highest BCUT2D eigenvalue weighted by atomic mass is 16.3. The second-order valence-electron chi connectivity index (χ2n) is 3.03. The molecule has 0 aliphatic rings. The SMILES string of the molecule is OCc1ccc(-c2c[c]cnc2)cc1. The molecule has 0 saturated carbocycles. The second kappa shape index (κ2) is 4.03. The van der Waals surface area contributed by atoms with Crippen LogP contribution in [0.15, 0.2) is 42.7 Å². The van der Waals surface area contributed by atoms with E-state index in [0.717, 1.165) is 16.7 Å². The van der Waals surface area contributed by atoms with Gasteiger partial charge in [0.15, 0.2) is 0 Å². The van der Waals surface area contributed by atoms with Crippen molar-refractivity contribution in [2.45, 2.75) is 6.61 Å². The Morgan fingerprint density at radius 1 is 1.14 bits per heavy atom. The molecule has 1 heterocycles. The van der Waals surface area contributed by atoms with Crippen molar-refractivity contribution in [3.8, 4) is 11.1 Å². The Hall–Kier alpha value is -1.67. The predicted octanol–water partition coefficient (Wildman–Crippen LogP) is 2.04. The van der Waals surface area contributed by atoms with Gasteiger partial charge in [-0.3, -0.25) is 4.98 Å². The molecule has 1 N–H and O–H groups in total. The van der Waals surface area contributed by atoms with E-state index in [1.165, 1.54) is 0 Å². The normalized spacial score (nSPS) is 10.1. The lowest BCUT2D eigenvalue weighted by molar-refractivity contribution is 0.282. The van der Waals surface area contributed by atoms with Gasteiger partial charge in [-0.1, -0.05) is 24.3 Å². The summed E-state index contributed by atoms with van der Waals surface area (Å²) in [4.78, 5) is 4.00. The fourth-order valence-electron chi connectivity index (χ4n) is 1.29. The Morgan fingerprint density at radius 2 is 1.93 bits per heavy atom. The summed E-state index contributed by atoms with van der Waals surface area (Å²) >= 11 is 0. The van der Waals surface area contributed by atoms with Gasteiger partial charge >= 0.3 is 0 Å². The van der Waals surface area contributed by atoms with Crippen molar-refractivity contribution in [2.24, 2.45) is 0 Å². The summed E-state index contributed by atoms with van der Waals surface area (Å²) in [6, 6.07) is 12.6. The first-order valence-corrected chi connectivity index (χ1v) is 4.41. The van der Waals surface area contributed by atoms with Crippen molar-refractivity contribution in [3.05, 3.63) is 54.4 Å². The molecule has 0 aliphatic carbocycles. The van der Waals surface area contributed by atoms with Crippen LogP contribution in [0.1, 0.15) is 5.56 Å². The van der Waals surface area contributed by atoms with Crippen molar-refractivity contribution < 1.29 is 5.11 Å². The fourth-order valence-corrected chi connectivity index (χ4v) is 1.29. The smallest absolute Gasteiger partial charge is 0.0681 e. The molecular formula is C12H10NO. The zero-order chi connectivity index (χ0) is 9.80. The molecule has 0 atom stereocenters. The minimum Gasteiger partial charge on any atom is -0.392 e. The molecule has 0 aliphatic heterocycles. The number of pyridine rings is 1. The molecule has 1 aromatic heterocycles. The molecule has 2 aromatic rings. The maximum absolute atomic E-state index is 8.88. The Bertz CT molecular complexity index is 394. The summed E-state index contributed by atoms with van der Waals surface area (Å²) in [6.07, 6.45) is 3.43. The molecule has 0 unspecified atom stereocenters. The molecule has 14 heavy (non-hydrogen) atoms. The van der Waals surface area contributed by atoms with Gasteiger partial charge in [-0.2, -0.15) is 0 Å². The van der Waals surface area contributed by atoms with Gasteiger partial charge in [-0.15, -0.1) is 0 Å². The largest absolute Gasteiger partial charge is 0.392 e. The standard InChI is InChI=1S/C12H10NO/c14-9-10-3-5-11(6-4-10)12-2-1-7-13-8-12/h2-8,14H,9H2. The summed E-state index contributed by atoms with van der Waals surface area (Å²) in [5.41, 5.74) is 3.05. The van der Waals surface area contributed by atoms with Crippen LogP contribution in [-0.2, 0) is 6.61 Å². The number of aliphatic hydroxyl groups excluding tert-OH is 1. The van der Waals surface area contributed by atoms with E-state index in [4.69, 9.17) is 5.11 Å². The molecule has 0 spiro atoms. The van der Waals surface area contributed by atoms with Crippen LogP contribution in [0.3, 0.4) is 0 Å². The number of nitrogens with zero attached hydrogens (tertiary/aromatic N) is 1. The molecule has 0 saturated heterocycles. The highest BCUT2D eigenvalue weighted by Gasteiger charge is 1.96. The maximum atomic E-state index is 8.88. The average Bonchev–Trinajstić information content (AvgIpc) is 2.30. The molecular weight excluding hydrogens is 174 g/mol. The third-order valence-corrected chi connectivity index (χ3v) is 2.07. The first-order valence-electron chi connectivity index (χ1n) is 4.41. The van der Waals surface area contributed by atoms with Gasteiger partial charge < -0.3 is 5.11 Å². The lowest BCUT2D eigenvalue weighted by Crippen LogP contribution is -1.83. The van der Waals surface area contributed by atoms with E-state index in [-0.39, 0.29) is 6.61 Å². The van der Waals surface area contributed by atoms with Crippen molar-refractivity contribution in [3.63, 3.8) is 0 Å². The van der Waals surface area contributed by atoms with Gasteiger partial charge in [0.05, 0.1) is 6.61 Å². The van der Waals surface area contributed by atoms with Gasteiger partial charge in [-0.05, 0) is 17.2 Å². The molecule has 0 fully saturated rings. The quantitative estimate of drug-likeness (QED) is 0.774. The first kappa shape index (κ1) is 8.91. The van der Waals surface area contributed by atoms with Crippen LogP contribution in [0.4, 0.5) is 0 Å². The van der Waals surface area contributed by atoms with Crippen LogP contribution >= 0.6 is 0 Å². The summed E-state index contributed by atoms with van der Waals surface area (Å²) < 4.78 is 0. The molecule has 1 radical (unpaired) electrons. The first-order chi connectivity index (χ1) is 6.90. The fraction of sp³-hybridized carbons (Fsp3) is 0.0833. The Balaban J connectivity index is 2.34. The van der Waals surface area contributed by atoms with Gasteiger partial charge in [0.1, 0.15) is 0 Å². The van der Waals surface area contributed by atoms with Gasteiger partial charge in [0.2, 0.25) is 0 Å². The van der Waals surface area contributed by atoms with E-state index in [0.29, 0.717) is 0 Å². The monoisotopic (exact) mass is 184 g/mol. The number of aliphatic hydroxyl groups is 1. The van der Waals surface area contributed by atoms with Crippen LogP contribution in [0.2, 0.25) is 0 Å². The topological polar surface area (TPSA) is 33.1 Å². The van der Waals surface area contributed by atoms with Crippen LogP contribution in [-0.4, -0.2) is 10.1 Å². The van der Waals surface area contributed by atoms with E-state index >= 15 is 0 Å². The maximum Gasteiger partial charge on any atom is 0.0681 e. The lowest BCUT2D eigenvalue weighted by atomic mass is 10.1. The minimum atomic E-state index is 0.0828. The number of benzene rings is 1. The Labute approximate surface area is 82.9 Å². The van der Waals surface area contributed by atoms with E-state index in [9.17, 15) is 0 Å². The third kappa shape index (κ3) is 1.80. The molecule has 2 nitrogen and oxygen atoms in total. The van der Waals surface area contributed by atoms with Gasteiger partial charge in [-0.25, -0.2) is 0 Å². The van der Waals surface area contributed by atoms with Gasteiger partial charge in [0.25, 0.3) is 0 Å². The summed E-state index contributed by atoms with van der Waals surface area (Å²) in [6.45, 7) is 0.0828. The van der Waals surface area contributed by atoms with E-state index in [1.807, 2.05) is 30.3 Å². The van der Waals surface area contributed by atoms with Crippen LogP contribution in [0, 0.1) is 6.07 Å². The summed E-state index contributed by atoms with van der Waals surface area (Å²) in [5, 5.41) is 8.88. The number of hydrogen-bond acceptors (Lipinski definition) is 2. The van der Waals surface area contributed by atoms with Crippen molar-refractivity contribution >= 4 is 0 Å². The zero-order valence-electron chi connectivity index (χ0n) is 7.64. The van der Waals surface area contributed by atoms with E-state index < -0.39 is 0 Å². The van der Waals surface area contributed by atoms with Crippen molar-refractivity contribution in [1.82, 2.24) is 4.98 Å². The van der Waals surface area contributed by atoms with Gasteiger partial charge in [0, 0.05) is 24.0 Å². The van der Waals surface area contributed by atoms with E-state index in [1.54, 1.807) is 12.4 Å². The third-order valence-electron chi connectivity index (χ3n) is 2.07. The average molecular weight is 184 g/mol. The zero-order valence-corrected chi connectivity index (χ0v) is 7.64. The molecule has 69 valence electrons.